The second-order valence-electron chi connectivity index (χ2n) is 4.39. The average molecular weight is 288 g/mol. The second kappa shape index (κ2) is 5.80. The summed E-state index contributed by atoms with van der Waals surface area (Å²) in [7, 11) is 1.58. The highest BCUT2D eigenvalue weighted by molar-refractivity contribution is 5.77. The highest BCUT2D eigenvalue weighted by Crippen LogP contribution is 2.31. The van der Waals surface area contributed by atoms with Crippen molar-refractivity contribution in [2.24, 2.45) is 0 Å². The maximum absolute atomic E-state index is 12.7. The van der Waals surface area contributed by atoms with Crippen LogP contribution in [-0.4, -0.2) is 28.4 Å². The Kier molecular flexibility index (Phi) is 4.29. The van der Waals surface area contributed by atoms with Crippen LogP contribution in [0.25, 0.3) is 11.0 Å². The molecule has 20 heavy (non-hydrogen) atoms. The van der Waals surface area contributed by atoms with Crippen molar-refractivity contribution >= 4 is 11.0 Å². The summed E-state index contributed by atoms with van der Waals surface area (Å²) in [4.78, 5) is 4.06. The van der Waals surface area contributed by atoms with Gasteiger partial charge in [-0.05, 0) is 24.6 Å². The second-order valence-corrected chi connectivity index (χ2v) is 4.39. The lowest BCUT2D eigenvalue weighted by Gasteiger charge is -2.08. The van der Waals surface area contributed by atoms with E-state index < -0.39 is 11.7 Å². The zero-order valence-corrected chi connectivity index (χ0v) is 10.9. The zero-order chi connectivity index (χ0) is 14.8. The van der Waals surface area contributed by atoms with Crippen molar-refractivity contribution in [2.45, 2.75) is 25.7 Å². The van der Waals surface area contributed by atoms with E-state index in [0.717, 1.165) is 12.1 Å². The number of fused-ring (bicyclic) bond motifs is 1. The topological polar surface area (TPSA) is 47.3 Å². The van der Waals surface area contributed by atoms with E-state index in [1.807, 2.05) is 0 Å². The Balaban J connectivity index is 2.41. The Morgan fingerprint density at radius 2 is 2.10 bits per heavy atom. The van der Waals surface area contributed by atoms with Gasteiger partial charge in [-0.3, -0.25) is 0 Å². The maximum Gasteiger partial charge on any atom is 0.416 e. The standard InChI is InChI=1S/C13H15F3N2O2/c1-20-6-2-5-18-11-4-3-9(13(14,15)16)7-10(11)17-12(18)8-19/h3-4,7,19H,2,5-6,8H2,1H3. The number of halogens is 3. The van der Waals surface area contributed by atoms with Crippen LogP contribution >= 0.6 is 0 Å². The fourth-order valence-electron chi connectivity index (χ4n) is 2.09. The van der Waals surface area contributed by atoms with Crippen LogP contribution in [0.15, 0.2) is 18.2 Å². The smallest absolute Gasteiger partial charge is 0.388 e. The van der Waals surface area contributed by atoms with Crippen LogP contribution in [0.2, 0.25) is 0 Å². The summed E-state index contributed by atoms with van der Waals surface area (Å²) >= 11 is 0. The minimum Gasteiger partial charge on any atom is -0.388 e. The molecule has 1 N–H and O–H groups in total. The van der Waals surface area contributed by atoms with Gasteiger partial charge < -0.3 is 14.4 Å². The van der Waals surface area contributed by atoms with Crippen molar-refractivity contribution in [3.05, 3.63) is 29.6 Å². The van der Waals surface area contributed by atoms with Gasteiger partial charge in [0, 0.05) is 20.3 Å². The van der Waals surface area contributed by atoms with E-state index in [2.05, 4.69) is 4.98 Å². The van der Waals surface area contributed by atoms with Crippen molar-refractivity contribution in [1.82, 2.24) is 9.55 Å². The van der Waals surface area contributed by atoms with Crippen LogP contribution in [0.3, 0.4) is 0 Å². The van der Waals surface area contributed by atoms with E-state index in [9.17, 15) is 18.3 Å². The molecule has 0 unspecified atom stereocenters. The quantitative estimate of drug-likeness (QED) is 0.860. The van der Waals surface area contributed by atoms with E-state index in [-0.39, 0.29) is 12.1 Å². The number of ether oxygens (including phenoxy) is 1. The highest BCUT2D eigenvalue weighted by Gasteiger charge is 2.31. The van der Waals surface area contributed by atoms with E-state index >= 15 is 0 Å². The van der Waals surface area contributed by atoms with Gasteiger partial charge in [0.2, 0.25) is 0 Å². The molecule has 1 aromatic carbocycles. The Labute approximate surface area is 113 Å². The number of imidazole rings is 1. The van der Waals surface area contributed by atoms with E-state index in [1.165, 1.54) is 6.07 Å². The number of hydrogen-bond acceptors (Lipinski definition) is 3. The van der Waals surface area contributed by atoms with Gasteiger partial charge in [-0.1, -0.05) is 0 Å². The van der Waals surface area contributed by atoms with Crippen LogP contribution in [0, 0.1) is 0 Å². The van der Waals surface area contributed by atoms with Crippen molar-refractivity contribution in [2.75, 3.05) is 13.7 Å². The summed E-state index contributed by atoms with van der Waals surface area (Å²) in [5, 5.41) is 9.27. The Morgan fingerprint density at radius 1 is 1.35 bits per heavy atom. The third kappa shape index (κ3) is 2.94. The predicted octanol–water partition coefficient (Wildman–Crippen LogP) is 2.58. The van der Waals surface area contributed by atoms with Gasteiger partial charge in [0.1, 0.15) is 12.4 Å². The summed E-state index contributed by atoms with van der Waals surface area (Å²) in [6, 6.07) is 3.41. The largest absolute Gasteiger partial charge is 0.416 e. The molecular weight excluding hydrogens is 273 g/mol. The molecule has 4 nitrogen and oxygen atoms in total. The van der Waals surface area contributed by atoms with Crippen molar-refractivity contribution in [3.8, 4) is 0 Å². The van der Waals surface area contributed by atoms with Crippen LogP contribution in [0.4, 0.5) is 13.2 Å². The number of methoxy groups -OCH3 is 1. The number of aryl methyl sites for hydroxylation is 1. The molecule has 0 aliphatic rings. The molecule has 0 saturated carbocycles. The Hall–Kier alpha value is -1.60. The van der Waals surface area contributed by atoms with Gasteiger partial charge in [-0.15, -0.1) is 0 Å². The third-order valence-corrected chi connectivity index (χ3v) is 3.03. The molecule has 0 aliphatic carbocycles. The summed E-state index contributed by atoms with van der Waals surface area (Å²) in [5.41, 5.74) is 0.0791. The van der Waals surface area contributed by atoms with Crippen LogP contribution in [0.1, 0.15) is 17.8 Å². The molecule has 0 fully saturated rings. The molecule has 0 bridgehead atoms. The van der Waals surface area contributed by atoms with Crippen molar-refractivity contribution < 1.29 is 23.0 Å². The van der Waals surface area contributed by atoms with Gasteiger partial charge in [0.15, 0.2) is 0 Å². The van der Waals surface area contributed by atoms with E-state index in [1.54, 1.807) is 11.7 Å². The molecule has 1 heterocycles. The number of aliphatic hydroxyl groups excluding tert-OH is 1. The highest BCUT2D eigenvalue weighted by atomic mass is 19.4. The van der Waals surface area contributed by atoms with Gasteiger partial charge in [0.25, 0.3) is 0 Å². The van der Waals surface area contributed by atoms with Gasteiger partial charge in [-0.2, -0.15) is 13.2 Å². The fourth-order valence-corrected chi connectivity index (χ4v) is 2.09. The average Bonchev–Trinajstić information content (AvgIpc) is 2.75. The number of nitrogens with zero attached hydrogens (tertiary/aromatic N) is 2. The summed E-state index contributed by atoms with van der Waals surface area (Å²) in [5.74, 6) is 0.357. The summed E-state index contributed by atoms with van der Waals surface area (Å²) < 4.78 is 44.6. The number of alkyl halides is 3. The first kappa shape index (κ1) is 14.8. The van der Waals surface area contributed by atoms with E-state index in [4.69, 9.17) is 4.74 Å². The lowest BCUT2D eigenvalue weighted by molar-refractivity contribution is -0.137. The van der Waals surface area contributed by atoms with Crippen LogP contribution in [0.5, 0.6) is 0 Å². The molecule has 110 valence electrons. The number of hydrogen-bond donors (Lipinski definition) is 1. The lowest BCUT2D eigenvalue weighted by Crippen LogP contribution is -2.06. The Bertz CT molecular complexity index is 593. The SMILES string of the molecule is COCCCn1c(CO)nc2cc(C(F)(F)F)ccc21. The minimum absolute atomic E-state index is 0.237. The fraction of sp³-hybridized carbons (Fsp3) is 0.462. The molecule has 2 rings (SSSR count). The molecule has 0 radical (unpaired) electrons. The normalized spacial score (nSPS) is 12.2. The molecule has 2 aromatic rings. The van der Waals surface area contributed by atoms with Crippen LogP contribution < -0.4 is 0 Å². The molecule has 7 heteroatoms. The van der Waals surface area contributed by atoms with E-state index in [0.29, 0.717) is 30.9 Å². The maximum atomic E-state index is 12.7. The Morgan fingerprint density at radius 3 is 2.70 bits per heavy atom. The molecule has 0 aliphatic heterocycles. The predicted molar refractivity (Wildman–Crippen MR) is 67.2 cm³/mol. The summed E-state index contributed by atoms with van der Waals surface area (Å²) in [6.45, 7) is 0.750. The molecule has 0 spiro atoms. The minimum atomic E-state index is -4.40. The lowest BCUT2D eigenvalue weighted by atomic mass is 10.2. The number of aliphatic hydroxyl groups is 1. The molecule has 0 atom stereocenters. The van der Waals surface area contributed by atoms with Gasteiger partial charge in [-0.25, -0.2) is 4.98 Å². The van der Waals surface area contributed by atoms with Crippen LogP contribution in [-0.2, 0) is 24.1 Å². The monoisotopic (exact) mass is 288 g/mol. The first-order chi connectivity index (χ1) is 9.47. The molecule has 0 amide bonds. The summed E-state index contributed by atoms with van der Waals surface area (Å²) in [6.07, 6.45) is -3.70. The third-order valence-electron chi connectivity index (χ3n) is 3.03. The first-order valence-corrected chi connectivity index (χ1v) is 6.13. The molecular formula is C13H15F3N2O2. The zero-order valence-electron chi connectivity index (χ0n) is 10.9. The number of aromatic nitrogens is 2. The number of benzene rings is 1. The molecule has 0 saturated heterocycles. The van der Waals surface area contributed by atoms with Gasteiger partial charge in [0.05, 0.1) is 16.6 Å². The molecule has 1 aromatic heterocycles. The van der Waals surface area contributed by atoms with Gasteiger partial charge >= 0.3 is 6.18 Å². The van der Waals surface area contributed by atoms with Crippen molar-refractivity contribution in [3.63, 3.8) is 0 Å². The first-order valence-electron chi connectivity index (χ1n) is 6.13. The number of rotatable bonds is 5. The van der Waals surface area contributed by atoms with Crippen molar-refractivity contribution in [1.29, 1.82) is 0 Å².